The van der Waals surface area contributed by atoms with E-state index in [0.29, 0.717) is 18.9 Å². The molecule has 0 spiro atoms. The molecular formula is C22H29IN4O. The predicted molar refractivity (Wildman–Crippen MR) is 127 cm³/mol. The Morgan fingerprint density at radius 3 is 2.75 bits per heavy atom. The van der Waals surface area contributed by atoms with Crippen LogP contribution < -0.4 is 16.0 Å². The van der Waals surface area contributed by atoms with Gasteiger partial charge in [0, 0.05) is 38.2 Å². The van der Waals surface area contributed by atoms with Crippen LogP contribution in [0, 0.1) is 6.92 Å². The fourth-order valence-electron chi connectivity index (χ4n) is 3.47. The molecule has 0 radical (unpaired) electrons. The molecule has 2 aromatic rings. The van der Waals surface area contributed by atoms with E-state index in [-0.39, 0.29) is 35.8 Å². The van der Waals surface area contributed by atoms with Crippen LogP contribution in [-0.4, -0.2) is 32.0 Å². The monoisotopic (exact) mass is 492 g/mol. The molecule has 1 heterocycles. The average molecular weight is 492 g/mol. The Kier molecular flexibility index (Phi) is 8.29. The summed E-state index contributed by atoms with van der Waals surface area (Å²) in [6.07, 6.45) is 0.487. The van der Waals surface area contributed by atoms with Crippen molar-refractivity contribution in [1.82, 2.24) is 10.6 Å². The van der Waals surface area contributed by atoms with Gasteiger partial charge in [-0.2, -0.15) is 0 Å². The number of aryl methyl sites for hydroxylation is 1. The van der Waals surface area contributed by atoms with Crippen LogP contribution in [0.3, 0.4) is 0 Å². The zero-order valence-corrected chi connectivity index (χ0v) is 19.0. The van der Waals surface area contributed by atoms with Crippen LogP contribution in [0.5, 0.6) is 0 Å². The molecule has 0 bridgehead atoms. The molecular weight excluding hydrogens is 463 g/mol. The number of hydrogen-bond donors (Lipinski definition) is 3. The molecule has 3 N–H and O–H groups in total. The van der Waals surface area contributed by atoms with Crippen molar-refractivity contribution in [2.75, 3.05) is 25.5 Å². The fraction of sp³-hybridized carbons (Fsp3) is 0.364. The van der Waals surface area contributed by atoms with Gasteiger partial charge < -0.3 is 16.0 Å². The summed E-state index contributed by atoms with van der Waals surface area (Å²) >= 11 is 0. The van der Waals surface area contributed by atoms with Crippen LogP contribution in [-0.2, 0) is 4.79 Å². The third kappa shape index (κ3) is 5.70. The largest absolute Gasteiger partial charge is 0.356 e. The smallest absolute Gasteiger partial charge is 0.225 e. The van der Waals surface area contributed by atoms with Crippen LogP contribution in [0.15, 0.2) is 53.5 Å². The number of aliphatic imine (C=N–C) groups is 1. The van der Waals surface area contributed by atoms with E-state index in [4.69, 9.17) is 0 Å². The SMILES string of the molecule is CN=C(NCC(C)c1cccc(C)c1)NCC1CC(=O)Nc2ccccc21.I. The van der Waals surface area contributed by atoms with Gasteiger partial charge in [-0.1, -0.05) is 55.0 Å². The Morgan fingerprint density at radius 1 is 1.21 bits per heavy atom. The molecule has 3 rings (SSSR count). The van der Waals surface area contributed by atoms with Crippen molar-refractivity contribution in [1.29, 1.82) is 0 Å². The number of fused-ring (bicyclic) bond motifs is 1. The Bertz CT molecular complexity index is 837. The lowest BCUT2D eigenvalue weighted by Crippen LogP contribution is -2.41. The summed E-state index contributed by atoms with van der Waals surface area (Å²) in [7, 11) is 1.77. The number of guanidine groups is 1. The first-order valence-electron chi connectivity index (χ1n) is 9.46. The van der Waals surface area contributed by atoms with E-state index in [2.05, 4.69) is 65.1 Å². The van der Waals surface area contributed by atoms with Gasteiger partial charge in [0.1, 0.15) is 0 Å². The molecule has 5 nitrogen and oxygen atoms in total. The van der Waals surface area contributed by atoms with Gasteiger partial charge in [-0.05, 0) is 30.0 Å². The number of hydrogen-bond acceptors (Lipinski definition) is 2. The zero-order valence-electron chi connectivity index (χ0n) is 16.7. The first kappa shape index (κ1) is 22.2. The molecule has 0 aromatic heterocycles. The van der Waals surface area contributed by atoms with Crippen LogP contribution in [0.2, 0.25) is 0 Å². The second kappa shape index (κ2) is 10.5. The molecule has 2 aromatic carbocycles. The Morgan fingerprint density at radius 2 is 2.00 bits per heavy atom. The molecule has 6 heteroatoms. The first-order chi connectivity index (χ1) is 13.1. The maximum absolute atomic E-state index is 12.0. The van der Waals surface area contributed by atoms with E-state index in [1.807, 2.05) is 18.2 Å². The summed E-state index contributed by atoms with van der Waals surface area (Å²) in [4.78, 5) is 16.3. The number of nitrogens with zero attached hydrogens (tertiary/aromatic N) is 1. The van der Waals surface area contributed by atoms with Crippen LogP contribution >= 0.6 is 24.0 Å². The van der Waals surface area contributed by atoms with E-state index in [1.54, 1.807) is 7.05 Å². The van der Waals surface area contributed by atoms with Gasteiger partial charge in [-0.15, -0.1) is 24.0 Å². The molecule has 0 saturated heterocycles. The molecule has 1 aliphatic heterocycles. The zero-order chi connectivity index (χ0) is 19.2. The van der Waals surface area contributed by atoms with Crippen LogP contribution in [0.25, 0.3) is 0 Å². The second-order valence-electron chi connectivity index (χ2n) is 7.19. The van der Waals surface area contributed by atoms with E-state index < -0.39 is 0 Å². The normalized spacial score (nSPS) is 17.0. The van der Waals surface area contributed by atoms with Crippen molar-refractivity contribution in [2.24, 2.45) is 4.99 Å². The van der Waals surface area contributed by atoms with Crippen LogP contribution in [0.1, 0.15) is 41.9 Å². The molecule has 0 aliphatic carbocycles. The topological polar surface area (TPSA) is 65.5 Å². The predicted octanol–water partition coefficient (Wildman–Crippen LogP) is 4.01. The number of anilines is 1. The van der Waals surface area contributed by atoms with Crippen molar-refractivity contribution < 1.29 is 4.79 Å². The maximum Gasteiger partial charge on any atom is 0.225 e. The summed E-state index contributed by atoms with van der Waals surface area (Å²) < 4.78 is 0. The van der Waals surface area contributed by atoms with Gasteiger partial charge in [-0.3, -0.25) is 9.79 Å². The Labute approximate surface area is 184 Å². The molecule has 2 unspecified atom stereocenters. The number of carbonyl (C=O) groups excluding carboxylic acids is 1. The highest BCUT2D eigenvalue weighted by Crippen LogP contribution is 2.31. The number of rotatable bonds is 5. The molecule has 1 amide bonds. The highest BCUT2D eigenvalue weighted by Gasteiger charge is 2.24. The van der Waals surface area contributed by atoms with E-state index in [9.17, 15) is 4.79 Å². The van der Waals surface area contributed by atoms with Gasteiger partial charge >= 0.3 is 0 Å². The van der Waals surface area contributed by atoms with E-state index in [0.717, 1.165) is 18.2 Å². The van der Waals surface area contributed by atoms with E-state index >= 15 is 0 Å². The van der Waals surface area contributed by atoms with Gasteiger partial charge in [0.05, 0.1) is 0 Å². The first-order valence-corrected chi connectivity index (χ1v) is 9.46. The van der Waals surface area contributed by atoms with Gasteiger partial charge in [0.2, 0.25) is 5.91 Å². The quantitative estimate of drug-likeness (QED) is 0.336. The summed E-state index contributed by atoms with van der Waals surface area (Å²) in [6, 6.07) is 16.6. The average Bonchev–Trinajstić information content (AvgIpc) is 2.67. The minimum Gasteiger partial charge on any atom is -0.356 e. The van der Waals surface area contributed by atoms with Crippen LogP contribution in [0.4, 0.5) is 5.69 Å². The number of benzene rings is 2. The van der Waals surface area contributed by atoms with Crippen molar-refractivity contribution in [3.05, 3.63) is 65.2 Å². The molecule has 28 heavy (non-hydrogen) atoms. The number of nitrogens with one attached hydrogen (secondary N) is 3. The van der Waals surface area contributed by atoms with Crippen molar-refractivity contribution in [2.45, 2.75) is 32.1 Å². The number of carbonyl (C=O) groups is 1. The molecule has 0 fully saturated rings. The third-order valence-corrected chi connectivity index (χ3v) is 5.03. The maximum atomic E-state index is 12.0. The van der Waals surface area contributed by atoms with Crippen molar-refractivity contribution in [3.8, 4) is 0 Å². The highest BCUT2D eigenvalue weighted by molar-refractivity contribution is 14.0. The lowest BCUT2D eigenvalue weighted by atomic mass is 9.90. The summed E-state index contributed by atoms with van der Waals surface area (Å²) in [5.74, 6) is 1.35. The second-order valence-corrected chi connectivity index (χ2v) is 7.19. The number of halogens is 1. The summed E-state index contributed by atoms with van der Waals surface area (Å²) in [5, 5.41) is 9.72. The summed E-state index contributed by atoms with van der Waals surface area (Å²) in [6.45, 7) is 5.78. The number of para-hydroxylation sites is 1. The standard InChI is InChI=1S/C22H28N4O.HI/c1-15-7-6-8-17(11-15)16(2)13-24-22(23-3)25-14-18-12-21(27)26-20-10-5-4-9-19(18)20;/h4-11,16,18H,12-14H2,1-3H3,(H,26,27)(H2,23,24,25);1H. The number of amides is 1. The highest BCUT2D eigenvalue weighted by atomic mass is 127. The lowest BCUT2D eigenvalue weighted by molar-refractivity contribution is -0.116. The lowest BCUT2D eigenvalue weighted by Gasteiger charge is -2.26. The minimum absolute atomic E-state index is 0. The van der Waals surface area contributed by atoms with Gasteiger partial charge in [-0.25, -0.2) is 0 Å². The fourth-order valence-corrected chi connectivity index (χ4v) is 3.47. The Balaban J connectivity index is 0.00000280. The minimum atomic E-state index is 0. The van der Waals surface area contributed by atoms with Crippen molar-refractivity contribution in [3.63, 3.8) is 0 Å². The molecule has 150 valence electrons. The summed E-state index contributed by atoms with van der Waals surface area (Å²) in [5.41, 5.74) is 4.68. The molecule has 0 saturated carbocycles. The third-order valence-electron chi connectivity index (χ3n) is 5.03. The Hall–Kier alpha value is -2.09. The van der Waals surface area contributed by atoms with Crippen molar-refractivity contribution >= 4 is 41.5 Å². The van der Waals surface area contributed by atoms with Gasteiger partial charge in [0.15, 0.2) is 5.96 Å². The molecule has 1 aliphatic rings. The van der Waals surface area contributed by atoms with E-state index in [1.165, 1.54) is 16.7 Å². The molecule has 2 atom stereocenters. The van der Waals surface area contributed by atoms with Gasteiger partial charge in [0.25, 0.3) is 0 Å².